The fourth-order valence-electron chi connectivity index (χ4n) is 2.67. The van der Waals surface area contributed by atoms with Crippen LogP contribution in [0.4, 0.5) is 28.7 Å². The van der Waals surface area contributed by atoms with Crippen molar-refractivity contribution in [3.63, 3.8) is 0 Å². The maximum atomic E-state index is 11.8. The predicted molar refractivity (Wildman–Crippen MR) is 114 cm³/mol. The lowest BCUT2D eigenvalue weighted by atomic mass is 10.2. The molecule has 0 saturated carbocycles. The highest BCUT2D eigenvalue weighted by Crippen LogP contribution is 2.34. The first-order chi connectivity index (χ1) is 14.4. The Balaban J connectivity index is 1.89. The molecule has 0 bridgehead atoms. The number of hydrogen-bond acceptors (Lipinski definition) is 8. The molecule has 10 heteroatoms. The van der Waals surface area contributed by atoms with Crippen LogP contribution in [-0.2, 0) is 4.74 Å². The number of esters is 1. The van der Waals surface area contributed by atoms with Gasteiger partial charge in [-0.2, -0.15) is 0 Å². The summed E-state index contributed by atoms with van der Waals surface area (Å²) in [6, 6.07) is 11.5. The fourth-order valence-corrected chi connectivity index (χ4v) is 2.90. The first kappa shape index (κ1) is 21.0. The Labute approximate surface area is 177 Å². The lowest BCUT2D eigenvalue weighted by Gasteiger charge is -2.12. The second-order valence-electron chi connectivity index (χ2n) is 6.18. The normalized spacial score (nSPS) is 10.4. The lowest BCUT2D eigenvalue weighted by Crippen LogP contribution is -2.07. The van der Waals surface area contributed by atoms with Crippen LogP contribution in [-0.4, -0.2) is 27.5 Å². The third kappa shape index (κ3) is 4.81. The van der Waals surface area contributed by atoms with Crippen LogP contribution in [0, 0.1) is 17.0 Å². The van der Waals surface area contributed by atoms with Crippen molar-refractivity contribution in [3.05, 3.63) is 75.1 Å². The second kappa shape index (κ2) is 9.19. The number of carbonyl (C=O) groups excluding carboxylic acids is 1. The van der Waals surface area contributed by atoms with Gasteiger partial charge in [0.05, 0.1) is 17.1 Å². The summed E-state index contributed by atoms with van der Waals surface area (Å²) >= 11 is 5.96. The summed E-state index contributed by atoms with van der Waals surface area (Å²) in [7, 11) is 0. The quantitative estimate of drug-likeness (QED) is 0.306. The van der Waals surface area contributed by atoms with E-state index in [-0.39, 0.29) is 23.9 Å². The monoisotopic (exact) mass is 427 g/mol. The molecule has 0 fully saturated rings. The van der Waals surface area contributed by atoms with Crippen LogP contribution in [0.1, 0.15) is 22.8 Å². The number of carbonyl (C=O) groups is 1. The minimum absolute atomic E-state index is 0.00741. The molecule has 0 aliphatic rings. The average molecular weight is 428 g/mol. The molecule has 9 nitrogen and oxygen atoms in total. The van der Waals surface area contributed by atoms with Gasteiger partial charge in [0, 0.05) is 16.4 Å². The maximum Gasteiger partial charge on any atom is 0.353 e. The van der Waals surface area contributed by atoms with E-state index in [9.17, 15) is 14.9 Å². The van der Waals surface area contributed by atoms with Crippen molar-refractivity contribution in [2.24, 2.45) is 0 Å². The van der Waals surface area contributed by atoms with Crippen LogP contribution in [0.15, 0.2) is 48.8 Å². The van der Waals surface area contributed by atoms with Gasteiger partial charge in [0.15, 0.2) is 0 Å². The van der Waals surface area contributed by atoms with Crippen molar-refractivity contribution < 1.29 is 14.5 Å². The van der Waals surface area contributed by atoms with Crippen molar-refractivity contribution in [1.29, 1.82) is 0 Å². The van der Waals surface area contributed by atoms with E-state index in [2.05, 4.69) is 20.6 Å². The number of halogens is 1. The van der Waals surface area contributed by atoms with Crippen LogP contribution in [0.2, 0.25) is 5.02 Å². The van der Waals surface area contributed by atoms with E-state index in [1.54, 1.807) is 49.4 Å². The Kier molecular flexibility index (Phi) is 6.43. The van der Waals surface area contributed by atoms with E-state index in [0.29, 0.717) is 22.0 Å². The molecule has 0 spiro atoms. The number of anilines is 4. The predicted octanol–water partition coefficient (Wildman–Crippen LogP) is 5.01. The zero-order valence-corrected chi connectivity index (χ0v) is 16.9. The molecule has 1 heterocycles. The van der Waals surface area contributed by atoms with Crippen LogP contribution in [0.25, 0.3) is 0 Å². The number of nitro groups is 1. The molecule has 0 atom stereocenters. The Hall–Kier alpha value is -3.72. The van der Waals surface area contributed by atoms with Crippen molar-refractivity contribution in [2.75, 3.05) is 17.2 Å². The standard InChI is InChI=1S/C20H18ClN5O4/c1-3-30-20(27)13-4-7-15(8-5-13)24-18-17(26(28)29)19(23-11-22-18)25-16-9-6-14(21)10-12(16)2/h4-11H,3H2,1-2H3,(H2,22,23,24,25). The minimum Gasteiger partial charge on any atom is -0.462 e. The Morgan fingerprint density at radius 3 is 2.40 bits per heavy atom. The molecule has 0 unspecified atom stereocenters. The molecule has 30 heavy (non-hydrogen) atoms. The summed E-state index contributed by atoms with van der Waals surface area (Å²) in [6.45, 7) is 3.82. The fraction of sp³-hybridized carbons (Fsp3) is 0.150. The van der Waals surface area contributed by atoms with Gasteiger partial charge in [0.1, 0.15) is 6.33 Å². The zero-order valence-electron chi connectivity index (χ0n) is 16.2. The molecular weight excluding hydrogens is 410 g/mol. The summed E-state index contributed by atoms with van der Waals surface area (Å²) in [5.41, 5.74) is 2.00. The first-order valence-electron chi connectivity index (χ1n) is 8.95. The third-order valence-corrected chi connectivity index (χ3v) is 4.34. The Morgan fingerprint density at radius 1 is 1.13 bits per heavy atom. The summed E-state index contributed by atoms with van der Waals surface area (Å²) in [6.07, 6.45) is 1.22. The number of ether oxygens (including phenoxy) is 1. The molecule has 3 rings (SSSR count). The number of rotatable bonds is 7. The van der Waals surface area contributed by atoms with Gasteiger partial charge in [-0.3, -0.25) is 10.1 Å². The largest absolute Gasteiger partial charge is 0.462 e. The Bertz CT molecular complexity index is 1090. The molecule has 3 aromatic rings. The summed E-state index contributed by atoms with van der Waals surface area (Å²) in [5, 5.41) is 18.2. The molecule has 2 N–H and O–H groups in total. The third-order valence-electron chi connectivity index (χ3n) is 4.11. The van der Waals surface area contributed by atoms with E-state index in [0.717, 1.165) is 5.56 Å². The van der Waals surface area contributed by atoms with Crippen LogP contribution in [0.5, 0.6) is 0 Å². The van der Waals surface area contributed by atoms with Crippen molar-refractivity contribution in [3.8, 4) is 0 Å². The number of nitrogens with zero attached hydrogens (tertiary/aromatic N) is 3. The van der Waals surface area contributed by atoms with E-state index in [1.165, 1.54) is 6.33 Å². The summed E-state index contributed by atoms with van der Waals surface area (Å²) in [4.78, 5) is 31.0. The molecule has 2 aromatic carbocycles. The maximum absolute atomic E-state index is 11.8. The summed E-state index contributed by atoms with van der Waals surface area (Å²) < 4.78 is 4.94. The van der Waals surface area contributed by atoms with Crippen molar-refractivity contribution in [1.82, 2.24) is 9.97 Å². The molecule has 0 aliphatic carbocycles. The van der Waals surface area contributed by atoms with E-state index >= 15 is 0 Å². The second-order valence-corrected chi connectivity index (χ2v) is 6.62. The smallest absolute Gasteiger partial charge is 0.353 e. The number of hydrogen-bond donors (Lipinski definition) is 2. The van der Waals surface area contributed by atoms with Crippen LogP contribution >= 0.6 is 11.6 Å². The van der Waals surface area contributed by atoms with Crippen LogP contribution < -0.4 is 10.6 Å². The number of aryl methyl sites for hydroxylation is 1. The molecular formula is C20H18ClN5O4. The number of benzene rings is 2. The molecule has 0 aliphatic heterocycles. The molecule has 0 amide bonds. The molecule has 154 valence electrons. The highest BCUT2D eigenvalue weighted by atomic mass is 35.5. The van der Waals surface area contributed by atoms with Crippen LogP contribution in [0.3, 0.4) is 0 Å². The van der Waals surface area contributed by atoms with Gasteiger partial charge < -0.3 is 15.4 Å². The van der Waals surface area contributed by atoms with Gasteiger partial charge in [0.25, 0.3) is 0 Å². The van der Waals surface area contributed by atoms with E-state index < -0.39 is 10.9 Å². The number of nitrogens with one attached hydrogen (secondary N) is 2. The highest BCUT2D eigenvalue weighted by molar-refractivity contribution is 6.30. The molecule has 0 radical (unpaired) electrons. The average Bonchev–Trinajstić information content (AvgIpc) is 2.71. The zero-order chi connectivity index (χ0) is 21.7. The number of aromatic nitrogens is 2. The van der Waals surface area contributed by atoms with Crippen molar-refractivity contribution >= 4 is 46.3 Å². The molecule has 0 saturated heterocycles. The van der Waals surface area contributed by atoms with Gasteiger partial charge >= 0.3 is 11.7 Å². The Morgan fingerprint density at radius 2 is 1.80 bits per heavy atom. The summed E-state index contributed by atoms with van der Waals surface area (Å²) in [5.74, 6) is -0.402. The minimum atomic E-state index is -0.567. The topological polar surface area (TPSA) is 119 Å². The van der Waals surface area contributed by atoms with Gasteiger partial charge in [-0.1, -0.05) is 11.6 Å². The molecule has 1 aromatic heterocycles. The van der Waals surface area contributed by atoms with Gasteiger partial charge in [-0.15, -0.1) is 0 Å². The van der Waals surface area contributed by atoms with E-state index in [1.807, 2.05) is 6.92 Å². The first-order valence-corrected chi connectivity index (χ1v) is 9.33. The van der Waals surface area contributed by atoms with E-state index in [4.69, 9.17) is 16.3 Å². The van der Waals surface area contributed by atoms with Crippen molar-refractivity contribution in [2.45, 2.75) is 13.8 Å². The SMILES string of the molecule is CCOC(=O)c1ccc(Nc2ncnc(Nc3ccc(Cl)cc3C)c2[N+](=O)[O-])cc1. The lowest BCUT2D eigenvalue weighted by molar-refractivity contribution is -0.383. The highest BCUT2D eigenvalue weighted by Gasteiger charge is 2.24. The van der Waals surface area contributed by atoms with Gasteiger partial charge in [-0.25, -0.2) is 14.8 Å². The van der Waals surface area contributed by atoms with Gasteiger partial charge in [0.2, 0.25) is 11.6 Å². The van der Waals surface area contributed by atoms with Gasteiger partial charge in [-0.05, 0) is 61.9 Å².